The first-order valence-electron chi connectivity index (χ1n) is 11.3. The van der Waals surface area contributed by atoms with Crippen molar-refractivity contribution in [2.45, 2.75) is 47.0 Å². The SMILES string of the molecule is C/C=C\C(C(=O)N(C=O)CCCN(C)CCCN(C)C(=O)c1ccccc1C)=C(/C)CC. The van der Waals surface area contributed by atoms with Gasteiger partial charge >= 0.3 is 0 Å². The highest BCUT2D eigenvalue weighted by Gasteiger charge is 2.18. The topological polar surface area (TPSA) is 60.9 Å². The van der Waals surface area contributed by atoms with E-state index >= 15 is 0 Å². The molecule has 0 saturated heterocycles. The van der Waals surface area contributed by atoms with Crippen LogP contribution in [-0.2, 0) is 9.59 Å². The molecule has 0 aliphatic rings. The van der Waals surface area contributed by atoms with Gasteiger partial charge in [0.25, 0.3) is 11.8 Å². The van der Waals surface area contributed by atoms with Gasteiger partial charge in [0, 0.05) is 31.3 Å². The van der Waals surface area contributed by atoms with Gasteiger partial charge in [-0.25, -0.2) is 0 Å². The predicted octanol–water partition coefficient (Wildman–Crippen LogP) is 4.07. The minimum absolute atomic E-state index is 0.0400. The molecule has 0 saturated carbocycles. The lowest BCUT2D eigenvalue weighted by atomic mass is 10.1. The number of allylic oxidation sites excluding steroid dienone is 2. The second-order valence-electron chi connectivity index (χ2n) is 8.20. The second kappa shape index (κ2) is 14.4. The molecule has 0 heterocycles. The van der Waals surface area contributed by atoms with Gasteiger partial charge < -0.3 is 9.80 Å². The molecular formula is C26H39N3O3. The molecular weight excluding hydrogens is 402 g/mol. The van der Waals surface area contributed by atoms with Gasteiger partial charge in [0.05, 0.1) is 0 Å². The van der Waals surface area contributed by atoms with Crippen molar-refractivity contribution in [2.75, 3.05) is 40.3 Å². The Morgan fingerprint density at radius 1 is 1.00 bits per heavy atom. The predicted molar refractivity (Wildman–Crippen MR) is 130 cm³/mol. The Balaban J connectivity index is 2.46. The normalized spacial score (nSPS) is 12.1. The fourth-order valence-electron chi connectivity index (χ4n) is 3.43. The second-order valence-corrected chi connectivity index (χ2v) is 8.20. The fraction of sp³-hybridized carbons (Fsp3) is 0.500. The summed E-state index contributed by atoms with van der Waals surface area (Å²) in [7, 11) is 3.85. The molecule has 1 aromatic carbocycles. The minimum Gasteiger partial charge on any atom is -0.342 e. The van der Waals surface area contributed by atoms with Crippen LogP contribution < -0.4 is 0 Å². The molecule has 0 aromatic heterocycles. The number of hydrogen-bond acceptors (Lipinski definition) is 4. The van der Waals surface area contributed by atoms with Crippen molar-refractivity contribution in [2.24, 2.45) is 0 Å². The highest BCUT2D eigenvalue weighted by molar-refractivity contribution is 6.02. The largest absolute Gasteiger partial charge is 0.342 e. The van der Waals surface area contributed by atoms with Gasteiger partial charge in [-0.15, -0.1) is 0 Å². The number of carbonyl (C=O) groups excluding carboxylic acids is 3. The van der Waals surface area contributed by atoms with Crippen LogP contribution >= 0.6 is 0 Å². The molecule has 6 nitrogen and oxygen atoms in total. The molecule has 0 aliphatic heterocycles. The number of rotatable bonds is 13. The maximum Gasteiger partial charge on any atom is 0.260 e. The number of benzene rings is 1. The lowest BCUT2D eigenvalue weighted by Crippen LogP contribution is -2.34. The molecule has 0 radical (unpaired) electrons. The van der Waals surface area contributed by atoms with E-state index in [0.717, 1.165) is 42.6 Å². The molecule has 0 bridgehead atoms. The number of carbonyl (C=O) groups is 3. The van der Waals surface area contributed by atoms with E-state index in [9.17, 15) is 14.4 Å². The number of imide groups is 1. The standard InChI is InChI=1S/C26H39N3O3/c1-7-13-23(21(3)8-2)26(32)29(20-30)19-12-17-27(5)16-11-18-28(6)25(31)24-15-10-9-14-22(24)4/h7,9-10,13-15,20H,8,11-12,16-19H2,1-6H3/b13-7-,23-21-. The summed E-state index contributed by atoms with van der Waals surface area (Å²) in [4.78, 5) is 42.0. The monoisotopic (exact) mass is 441 g/mol. The molecule has 0 aliphatic carbocycles. The summed E-state index contributed by atoms with van der Waals surface area (Å²) in [6.45, 7) is 10.4. The molecule has 32 heavy (non-hydrogen) atoms. The molecule has 0 unspecified atom stereocenters. The summed E-state index contributed by atoms with van der Waals surface area (Å²) in [6, 6.07) is 7.63. The molecule has 6 heteroatoms. The molecule has 1 aromatic rings. The van der Waals surface area contributed by atoms with Gasteiger partial charge in [0.2, 0.25) is 6.41 Å². The van der Waals surface area contributed by atoms with E-state index in [4.69, 9.17) is 0 Å². The van der Waals surface area contributed by atoms with E-state index in [-0.39, 0.29) is 11.8 Å². The summed E-state index contributed by atoms with van der Waals surface area (Å²) >= 11 is 0. The van der Waals surface area contributed by atoms with Crippen molar-refractivity contribution in [3.8, 4) is 0 Å². The summed E-state index contributed by atoms with van der Waals surface area (Å²) in [6.07, 6.45) is 6.54. The number of hydrogen-bond donors (Lipinski definition) is 0. The Bertz CT molecular complexity index is 829. The first-order valence-corrected chi connectivity index (χ1v) is 11.3. The molecule has 0 atom stereocenters. The van der Waals surface area contributed by atoms with Crippen molar-refractivity contribution in [3.63, 3.8) is 0 Å². The third-order valence-corrected chi connectivity index (χ3v) is 5.64. The zero-order valence-electron chi connectivity index (χ0n) is 20.6. The van der Waals surface area contributed by atoms with E-state index in [0.29, 0.717) is 31.5 Å². The number of aryl methyl sites for hydroxylation is 1. The zero-order valence-corrected chi connectivity index (χ0v) is 20.6. The first-order chi connectivity index (χ1) is 15.3. The molecule has 1 rings (SSSR count). The van der Waals surface area contributed by atoms with Crippen LogP contribution in [0.4, 0.5) is 0 Å². The van der Waals surface area contributed by atoms with Crippen LogP contribution in [0.5, 0.6) is 0 Å². The van der Waals surface area contributed by atoms with Gasteiger partial charge in [0.15, 0.2) is 0 Å². The Hall–Kier alpha value is -2.73. The Morgan fingerprint density at radius 3 is 2.19 bits per heavy atom. The highest BCUT2D eigenvalue weighted by Crippen LogP contribution is 2.13. The third kappa shape index (κ3) is 8.42. The van der Waals surface area contributed by atoms with Crippen LogP contribution in [0, 0.1) is 6.92 Å². The molecule has 3 amide bonds. The van der Waals surface area contributed by atoms with Crippen LogP contribution in [0.25, 0.3) is 0 Å². The summed E-state index contributed by atoms with van der Waals surface area (Å²) in [5, 5.41) is 0. The van der Waals surface area contributed by atoms with Crippen LogP contribution in [0.1, 0.15) is 56.0 Å². The number of amides is 3. The van der Waals surface area contributed by atoms with Crippen LogP contribution in [0.2, 0.25) is 0 Å². The summed E-state index contributed by atoms with van der Waals surface area (Å²) in [5.41, 5.74) is 3.29. The van der Waals surface area contributed by atoms with Crippen molar-refractivity contribution < 1.29 is 14.4 Å². The van der Waals surface area contributed by atoms with E-state index in [1.54, 1.807) is 11.0 Å². The Labute approximate surface area is 193 Å². The third-order valence-electron chi connectivity index (χ3n) is 5.64. The Morgan fingerprint density at radius 2 is 1.62 bits per heavy atom. The van der Waals surface area contributed by atoms with E-state index in [2.05, 4.69) is 4.90 Å². The Kier molecular flexibility index (Phi) is 12.2. The van der Waals surface area contributed by atoms with Crippen LogP contribution in [0.3, 0.4) is 0 Å². The van der Waals surface area contributed by atoms with Crippen LogP contribution in [0.15, 0.2) is 47.6 Å². The van der Waals surface area contributed by atoms with Crippen molar-refractivity contribution in [1.82, 2.24) is 14.7 Å². The average Bonchev–Trinajstić information content (AvgIpc) is 2.79. The molecule has 0 N–H and O–H groups in total. The first kappa shape index (κ1) is 27.3. The highest BCUT2D eigenvalue weighted by atomic mass is 16.2. The zero-order chi connectivity index (χ0) is 24.1. The van der Waals surface area contributed by atoms with Gasteiger partial charge in [-0.1, -0.05) is 42.8 Å². The van der Waals surface area contributed by atoms with Gasteiger partial charge in [-0.05, 0) is 71.8 Å². The van der Waals surface area contributed by atoms with Gasteiger partial charge in [-0.2, -0.15) is 0 Å². The van der Waals surface area contributed by atoms with Gasteiger partial charge in [-0.3, -0.25) is 19.3 Å². The van der Waals surface area contributed by atoms with E-state index in [1.807, 2.05) is 72.1 Å². The minimum atomic E-state index is -0.239. The average molecular weight is 442 g/mol. The van der Waals surface area contributed by atoms with E-state index < -0.39 is 0 Å². The van der Waals surface area contributed by atoms with Crippen LogP contribution in [-0.4, -0.2) is 73.2 Å². The maximum absolute atomic E-state index is 12.7. The van der Waals surface area contributed by atoms with Gasteiger partial charge in [0.1, 0.15) is 0 Å². The molecule has 0 fully saturated rings. The van der Waals surface area contributed by atoms with Crippen molar-refractivity contribution in [3.05, 3.63) is 58.7 Å². The summed E-state index contributed by atoms with van der Waals surface area (Å²) < 4.78 is 0. The quantitative estimate of drug-likeness (QED) is 0.263. The van der Waals surface area contributed by atoms with Crippen molar-refractivity contribution in [1.29, 1.82) is 0 Å². The molecule has 0 spiro atoms. The molecule has 176 valence electrons. The smallest absolute Gasteiger partial charge is 0.260 e. The number of nitrogens with zero attached hydrogens (tertiary/aromatic N) is 3. The fourth-order valence-corrected chi connectivity index (χ4v) is 3.43. The lowest BCUT2D eigenvalue weighted by Gasteiger charge is -2.22. The summed E-state index contributed by atoms with van der Waals surface area (Å²) in [5.74, 6) is -0.199. The van der Waals surface area contributed by atoms with E-state index in [1.165, 1.54) is 4.90 Å². The lowest BCUT2D eigenvalue weighted by molar-refractivity contribution is -0.135. The maximum atomic E-state index is 12.7. The van der Waals surface area contributed by atoms with Crippen molar-refractivity contribution >= 4 is 18.2 Å².